The minimum absolute atomic E-state index is 0.125. The topological polar surface area (TPSA) is 68.0 Å². The van der Waals surface area contributed by atoms with E-state index in [1.165, 1.54) is 5.56 Å². The first-order chi connectivity index (χ1) is 13.2. The molecule has 0 saturated heterocycles. The minimum Gasteiger partial charge on any atom is -0.361 e. The van der Waals surface area contributed by atoms with Crippen LogP contribution < -0.4 is 5.32 Å². The van der Waals surface area contributed by atoms with Crippen LogP contribution >= 0.6 is 34.4 Å². The van der Waals surface area contributed by atoms with Crippen molar-refractivity contribution in [1.82, 2.24) is 10.1 Å². The fourth-order valence-corrected chi connectivity index (χ4v) is 5.47. The van der Waals surface area contributed by atoms with Gasteiger partial charge >= 0.3 is 0 Å². The molecule has 1 aromatic carbocycles. The second kappa shape index (κ2) is 8.24. The fraction of sp³-hybridized carbons (Fsp3) is 0.211. The van der Waals surface area contributed by atoms with Crippen LogP contribution in [0.1, 0.15) is 17.0 Å². The molecule has 0 aliphatic carbocycles. The summed E-state index contributed by atoms with van der Waals surface area (Å²) in [5.41, 5.74) is 3.87. The Morgan fingerprint density at radius 1 is 1.30 bits per heavy atom. The highest BCUT2D eigenvalue weighted by Gasteiger charge is 2.10. The number of hydrogen-bond donors (Lipinski definition) is 1. The van der Waals surface area contributed by atoms with E-state index in [4.69, 9.17) is 4.52 Å². The predicted molar refractivity (Wildman–Crippen MR) is 112 cm³/mol. The molecular weight excluding hydrogens is 398 g/mol. The zero-order valence-electron chi connectivity index (χ0n) is 14.6. The Morgan fingerprint density at radius 2 is 2.22 bits per heavy atom. The van der Waals surface area contributed by atoms with Gasteiger partial charge in [0.25, 0.3) is 0 Å². The zero-order chi connectivity index (χ0) is 18.6. The Hall–Kier alpha value is -2.16. The van der Waals surface area contributed by atoms with Gasteiger partial charge < -0.3 is 9.84 Å². The van der Waals surface area contributed by atoms with Gasteiger partial charge in [-0.1, -0.05) is 16.9 Å². The van der Waals surface area contributed by atoms with Crippen molar-refractivity contribution in [2.75, 3.05) is 11.1 Å². The lowest BCUT2D eigenvalue weighted by atomic mass is 10.2. The molecule has 4 aromatic rings. The van der Waals surface area contributed by atoms with Gasteiger partial charge in [0, 0.05) is 17.5 Å². The zero-order valence-corrected chi connectivity index (χ0v) is 17.0. The van der Waals surface area contributed by atoms with E-state index in [0.717, 1.165) is 38.1 Å². The van der Waals surface area contributed by atoms with Crippen LogP contribution in [-0.2, 0) is 17.6 Å². The number of hydrogen-bond acceptors (Lipinski definition) is 7. The first kappa shape index (κ1) is 18.2. The maximum atomic E-state index is 12.2. The van der Waals surface area contributed by atoms with Crippen molar-refractivity contribution in [2.45, 2.75) is 24.1 Å². The molecule has 0 saturated carbocycles. The maximum Gasteiger partial charge on any atom is 0.232 e. The SMILES string of the molecule is Cc1cc(CC(=O)Nc2ccc3nc(SCCc4ccsc4)sc3c2)on1. The summed E-state index contributed by atoms with van der Waals surface area (Å²) in [6, 6.07) is 9.73. The first-order valence-electron chi connectivity index (χ1n) is 8.42. The van der Waals surface area contributed by atoms with Crippen molar-refractivity contribution in [1.29, 1.82) is 0 Å². The Bertz CT molecular complexity index is 1050. The van der Waals surface area contributed by atoms with Crippen LogP contribution in [0, 0.1) is 6.92 Å². The Morgan fingerprint density at radius 3 is 3.00 bits per heavy atom. The molecular formula is C19H17N3O2S3. The van der Waals surface area contributed by atoms with E-state index in [1.807, 2.05) is 25.1 Å². The normalized spacial score (nSPS) is 11.1. The van der Waals surface area contributed by atoms with Gasteiger partial charge in [-0.25, -0.2) is 4.98 Å². The quantitative estimate of drug-likeness (QED) is 0.422. The molecule has 27 heavy (non-hydrogen) atoms. The maximum absolute atomic E-state index is 12.2. The molecule has 138 valence electrons. The number of rotatable bonds is 7. The summed E-state index contributed by atoms with van der Waals surface area (Å²) in [7, 11) is 0. The molecule has 5 nitrogen and oxygen atoms in total. The Labute approximate surface area is 168 Å². The van der Waals surface area contributed by atoms with Crippen LogP contribution in [0.15, 0.2) is 50.0 Å². The summed E-state index contributed by atoms with van der Waals surface area (Å²) in [6.07, 6.45) is 1.22. The molecule has 0 atom stereocenters. The molecule has 3 aromatic heterocycles. The van der Waals surface area contributed by atoms with E-state index >= 15 is 0 Å². The number of carbonyl (C=O) groups is 1. The Kier molecular flexibility index (Phi) is 5.56. The van der Waals surface area contributed by atoms with E-state index in [1.54, 1.807) is 40.5 Å². The van der Waals surface area contributed by atoms with Crippen molar-refractivity contribution >= 4 is 56.2 Å². The number of thioether (sulfide) groups is 1. The number of amides is 1. The van der Waals surface area contributed by atoms with Crippen molar-refractivity contribution in [3.05, 3.63) is 58.1 Å². The molecule has 4 rings (SSSR count). The van der Waals surface area contributed by atoms with Crippen LogP contribution in [0.5, 0.6) is 0 Å². The van der Waals surface area contributed by atoms with Crippen LogP contribution in [0.4, 0.5) is 5.69 Å². The number of carbonyl (C=O) groups excluding carboxylic acids is 1. The van der Waals surface area contributed by atoms with Gasteiger partial charge in [-0.2, -0.15) is 11.3 Å². The standard InChI is InChI=1S/C19H17N3O2S3/c1-12-8-15(24-22-12)10-18(23)20-14-2-3-16-17(9-14)27-19(21-16)26-7-5-13-4-6-25-11-13/h2-4,6,8-9,11H,5,7,10H2,1H3,(H,20,23). The number of nitrogens with zero attached hydrogens (tertiary/aromatic N) is 2. The van der Waals surface area contributed by atoms with Gasteiger partial charge in [0.15, 0.2) is 4.34 Å². The lowest BCUT2D eigenvalue weighted by Crippen LogP contribution is -2.13. The van der Waals surface area contributed by atoms with E-state index in [-0.39, 0.29) is 12.3 Å². The van der Waals surface area contributed by atoms with Crippen molar-refractivity contribution in [3.8, 4) is 0 Å². The average molecular weight is 416 g/mol. The Balaban J connectivity index is 1.37. The van der Waals surface area contributed by atoms with Gasteiger partial charge in [0.2, 0.25) is 5.91 Å². The average Bonchev–Trinajstić information content (AvgIpc) is 3.36. The van der Waals surface area contributed by atoms with Crippen molar-refractivity contribution in [2.24, 2.45) is 0 Å². The summed E-state index contributed by atoms with van der Waals surface area (Å²) in [5, 5.41) is 11.0. The summed E-state index contributed by atoms with van der Waals surface area (Å²) in [5.74, 6) is 1.45. The second-order valence-electron chi connectivity index (χ2n) is 6.05. The molecule has 0 unspecified atom stereocenters. The molecule has 0 aliphatic heterocycles. The smallest absolute Gasteiger partial charge is 0.232 e. The molecule has 0 fully saturated rings. The summed E-state index contributed by atoms with van der Waals surface area (Å²) in [6.45, 7) is 1.83. The van der Waals surface area contributed by atoms with Gasteiger partial charge in [0.1, 0.15) is 5.76 Å². The third-order valence-electron chi connectivity index (χ3n) is 3.86. The third kappa shape index (κ3) is 4.77. The molecule has 1 N–H and O–H groups in total. The van der Waals surface area contributed by atoms with Crippen LogP contribution in [0.25, 0.3) is 10.2 Å². The third-order valence-corrected chi connectivity index (χ3v) is 6.76. The van der Waals surface area contributed by atoms with Crippen molar-refractivity contribution < 1.29 is 9.32 Å². The van der Waals surface area contributed by atoms with Crippen molar-refractivity contribution in [3.63, 3.8) is 0 Å². The van der Waals surface area contributed by atoms with E-state index in [9.17, 15) is 4.79 Å². The van der Waals surface area contributed by atoms with Crippen LogP contribution in [-0.4, -0.2) is 21.8 Å². The number of aromatic nitrogens is 2. The number of thiazole rings is 1. The number of fused-ring (bicyclic) bond motifs is 1. The molecule has 0 spiro atoms. The van der Waals surface area contributed by atoms with E-state index in [2.05, 4.69) is 32.3 Å². The van der Waals surface area contributed by atoms with E-state index in [0.29, 0.717) is 5.76 Å². The number of benzene rings is 1. The highest BCUT2D eigenvalue weighted by Crippen LogP contribution is 2.31. The summed E-state index contributed by atoms with van der Waals surface area (Å²) >= 11 is 5.16. The first-order valence-corrected chi connectivity index (χ1v) is 11.2. The van der Waals surface area contributed by atoms with Gasteiger partial charge in [-0.05, 0) is 53.9 Å². The number of nitrogens with one attached hydrogen (secondary N) is 1. The van der Waals surface area contributed by atoms with Gasteiger partial charge in [-0.3, -0.25) is 4.79 Å². The van der Waals surface area contributed by atoms with Crippen LogP contribution in [0.2, 0.25) is 0 Å². The van der Waals surface area contributed by atoms with E-state index < -0.39 is 0 Å². The largest absolute Gasteiger partial charge is 0.361 e. The molecule has 0 radical (unpaired) electrons. The summed E-state index contributed by atoms with van der Waals surface area (Å²) < 4.78 is 7.22. The monoisotopic (exact) mass is 415 g/mol. The highest BCUT2D eigenvalue weighted by molar-refractivity contribution is 8.01. The van der Waals surface area contributed by atoms with Gasteiger partial charge in [-0.15, -0.1) is 11.3 Å². The second-order valence-corrected chi connectivity index (χ2v) is 9.20. The minimum atomic E-state index is -0.125. The molecule has 3 heterocycles. The molecule has 1 amide bonds. The lowest BCUT2D eigenvalue weighted by Gasteiger charge is -2.03. The molecule has 0 aliphatic rings. The number of thiophene rings is 1. The van der Waals surface area contributed by atoms with Gasteiger partial charge in [0.05, 0.1) is 22.3 Å². The number of aryl methyl sites for hydroxylation is 2. The number of anilines is 1. The highest BCUT2D eigenvalue weighted by atomic mass is 32.2. The molecule has 0 bridgehead atoms. The lowest BCUT2D eigenvalue weighted by molar-refractivity contribution is -0.115. The van der Waals surface area contributed by atoms with Crippen LogP contribution in [0.3, 0.4) is 0 Å². The fourth-order valence-electron chi connectivity index (χ4n) is 2.60. The molecule has 8 heteroatoms. The predicted octanol–water partition coefficient (Wildman–Crippen LogP) is 5.17. The summed E-state index contributed by atoms with van der Waals surface area (Å²) in [4.78, 5) is 16.8.